The van der Waals surface area contributed by atoms with Crippen LogP contribution in [0.4, 0.5) is 22.0 Å². The molecule has 2 aromatic carbocycles. The predicted octanol–water partition coefficient (Wildman–Crippen LogP) is 6.81. The summed E-state index contributed by atoms with van der Waals surface area (Å²) < 4.78 is 80.7. The van der Waals surface area contributed by atoms with Crippen molar-refractivity contribution in [1.29, 1.82) is 0 Å². The van der Waals surface area contributed by atoms with Crippen LogP contribution in [-0.4, -0.2) is 17.1 Å². The van der Waals surface area contributed by atoms with Crippen LogP contribution in [0.15, 0.2) is 40.8 Å². The number of oxazole rings is 1. The van der Waals surface area contributed by atoms with E-state index in [-0.39, 0.29) is 17.4 Å². The zero-order chi connectivity index (χ0) is 24.3. The topological polar surface area (TPSA) is 61.6 Å². The van der Waals surface area contributed by atoms with Crippen molar-refractivity contribution < 1.29 is 40.6 Å². The van der Waals surface area contributed by atoms with E-state index in [1.807, 2.05) is 6.92 Å². The van der Waals surface area contributed by atoms with E-state index < -0.39 is 35.4 Å². The van der Waals surface area contributed by atoms with Crippen LogP contribution in [-0.2, 0) is 6.42 Å². The summed E-state index contributed by atoms with van der Waals surface area (Å²) in [5.74, 6) is -3.09. The molecule has 0 N–H and O–H groups in total. The highest BCUT2D eigenvalue weighted by atomic mass is 19.4. The Balaban J connectivity index is 1.89. The molecule has 5 nitrogen and oxygen atoms in total. The number of halogens is 5. The fraction of sp³-hybridized carbons (Fsp3) is 0.304. The van der Waals surface area contributed by atoms with Crippen molar-refractivity contribution in [3.05, 3.63) is 65.2 Å². The number of hydrogen-bond acceptors (Lipinski definition) is 5. The normalized spacial score (nSPS) is 12.5. The van der Waals surface area contributed by atoms with E-state index in [9.17, 15) is 26.7 Å². The van der Waals surface area contributed by atoms with Crippen LogP contribution in [0, 0.1) is 11.6 Å². The fourth-order valence-electron chi connectivity index (χ4n) is 3.17. The fourth-order valence-corrected chi connectivity index (χ4v) is 3.17. The molecule has 3 rings (SSSR count). The molecule has 0 saturated heterocycles. The number of ketones is 1. The van der Waals surface area contributed by atoms with Crippen LogP contribution in [0.1, 0.15) is 55.3 Å². The van der Waals surface area contributed by atoms with E-state index in [1.165, 1.54) is 19.1 Å². The molecule has 1 unspecified atom stereocenters. The number of Topliss-reactive ketones (excluding diaryl/α,β-unsaturated/α-hetero) is 1. The lowest BCUT2D eigenvalue weighted by Crippen LogP contribution is -2.16. The Morgan fingerprint density at radius 1 is 1.12 bits per heavy atom. The highest BCUT2D eigenvalue weighted by Crippen LogP contribution is 2.33. The molecule has 10 heteroatoms. The van der Waals surface area contributed by atoms with Gasteiger partial charge in [0.2, 0.25) is 5.89 Å². The monoisotopic (exact) mass is 469 g/mol. The molecule has 0 radical (unpaired) electrons. The van der Waals surface area contributed by atoms with Crippen LogP contribution in [0.3, 0.4) is 0 Å². The molecule has 0 amide bonds. The third kappa shape index (κ3) is 5.68. The zero-order valence-corrected chi connectivity index (χ0v) is 17.9. The second-order valence-corrected chi connectivity index (χ2v) is 7.20. The van der Waals surface area contributed by atoms with Crippen molar-refractivity contribution in [3.8, 4) is 22.8 Å². The van der Waals surface area contributed by atoms with E-state index in [1.54, 1.807) is 0 Å². The van der Waals surface area contributed by atoms with Gasteiger partial charge in [-0.15, -0.1) is 13.2 Å². The summed E-state index contributed by atoms with van der Waals surface area (Å²) in [6.07, 6.45) is -4.54. The van der Waals surface area contributed by atoms with Gasteiger partial charge in [0, 0.05) is 12.0 Å². The van der Waals surface area contributed by atoms with Gasteiger partial charge in [-0.3, -0.25) is 4.79 Å². The number of hydrogen-bond donors (Lipinski definition) is 0. The number of nitrogens with zero attached hydrogens (tertiary/aromatic N) is 1. The van der Waals surface area contributed by atoms with Crippen molar-refractivity contribution in [2.45, 2.75) is 46.1 Å². The number of rotatable bonds is 8. The lowest BCUT2D eigenvalue weighted by molar-refractivity contribution is -0.274. The van der Waals surface area contributed by atoms with Gasteiger partial charge < -0.3 is 13.9 Å². The Hall–Kier alpha value is -3.43. The van der Waals surface area contributed by atoms with Crippen LogP contribution < -0.4 is 9.47 Å². The number of aromatic nitrogens is 1. The van der Waals surface area contributed by atoms with E-state index in [0.717, 1.165) is 31.2 Å². The first-order valence-corrected chi connectivity index (χ1v) is 10.0. The largest absolute Gasteiger partial charge is 0.573 e. The van der Waals surface area contributed by atoms with Crippen LogP contribution in [0.5, 0.6) is 11.5 Å². The molecule has 1 atom stereocenters. The van der Waals surface area contributed by atoms with Crippen molar-refractivity contribution >= 4 is 5.78 Å². The van der Waals surface area contributed by atoms with Gasteiger partial charge in [-0.05, 0) is 56.7 Å². The maximum Gasteiger partial charge on any atom is 0.573 e. The van der Waals surface area contributed by atoms with Crippen molar-refractivity contribution in [3.63, 3.8) is 0 Å². The number of carbonyl (C=O) groups excluding carboxylic acids is 1. The molecule has 0 saturated carbocycles. The standard InChI is InChI=1S/C23H20F5NO4/c1-4-5-18-21(14-6-8-15(9-7-14)33-23(26,27)28)29-22(32-18)13(3)31-17-11-10-16(24)19(12(2)30)20(17)25/h6-11,13H,4-5H2,1-3H3. The molecule has 176 valence electrons. The lowest BCUT2D eigenvalue weighted by atomic mass is 10.1. The summed E-state index contributed by atoms with van der Waals surface area (Å²) in [4.78, 5) is 15.9. The second kappa shape index (κ2) is 9.60. The Labute approximate surface area is 186 Å². The molecule has 33 heavy (non-hydrogen) atoms. The summed E-state index contributed by atoms with van der Waals surface area (Å²) in [5.41, 5.74) is 0.174. The van der Waals surface area contributed by atoms with Gasteiger partial charge in [-0.1, -0.05) is 6.92 Å². The minimum atomic E-state index is -4.80. The Kier molecular flexibility index (Phi) is 7.04. The maximum atomic E-state index is 14.6. The summed E-state index contributed by atoms with van der Waals surface area (Å²) in [5, 5.41) is 0. The summed E-state index contributed by atoms with van der Waals surface area (Å²) in [6, 6.07) is 7.12. The highest BCUT2D eigenvalue weighted by molar-refractivity contribution is 5.95. The molecule has 0 fully saturated rings. The quantitative estimate of drug-likeness (QED) is 0.268. The minimum absolute atomic E-state index is 0.0807. The van der Waals surface area contributed by atoms with Crippen molar-refractivity contribution in [2.24, 2.45) is 0 Å². The van der Waals surface area contributed by atoms with Gasteiger partial charge in [0.25, 0.3) is 0 Å². The Morgan fingerprint density at radius 3 is 2.36 bits per heavy atom. The van der Waals surface area contributed by atoms with Crippen LogP contribution in [0.25, 0.3) is 11.3 Å². The van der Waals surface area contributed by atoms with Gasteiger partial charge in [-0.25, -0.2) is 13.8 Å². The third-order valence-corrected chi connectivity index (χ3v) is 4.61. The molecule has 0 spiro atoms. The number of ether oxygens (including phenoxy) is 2. The Bertz CT molecular complexity index is 1140. The van der Waals surface area contributed by atoms with Gasteiger partial charge in [0.15, 0.2) is 23.5 Å². The molecular weight excluding hydrogens is 449 g/mol. The van der Waals surface area contributed by atoms with E-state index in [4.69, 9.17) is 9.15 Å². The second-order valence-electron chi connectivity index (χ2n) is 7.20. The molecule has 0 aliphatic rings. The molecular formula is C23H20F5NO4. The number of benzene rings is 2. The van der Waals surface area contributed by atoms with Crippen LogP contribution >= 0.6 is 0 Å². The highest BCUT2D eigenvalue weighted by Gasteiger charge is 2.31. The van der Waals surface area contributed by atoms with Gasteiger partial charge in [0.05, 0.1) is 5.56 Å². The molecule has 1 heterocycles. The summed E-state index contributed by atoms with van der Waals surface area (Å²) in [7, 11) is 0. The average molecular weight is 469 g/mol. The summed E-state index contributed by atoms with van der Waals surface area (Å²) >= 11 is 0. The first-order chi connectivity index (χ1) is 15.5. The number of alkyl halides is 3. The smallest absolute Gasteiger partial charge is 0.478 e. The molecule has 3 aromatic rings. The SMILES string of the molecule is CCCc1oc(C(C)Oc2ccc(F)c(C(C)=O)c2F)nc1-c1ccc(OC(F)(F)F)cc1. The number of aryl methyl sites for hydroxylation is 1. The van der Waals surface area contributed by atoms with E-state index in [0.29, 0.717) is 29.9 Å². The molecule has 0 bridgehead atoms. The first-order valence-electron chi connectivity index (χ1n) is 10.0. The van der Waals surface area contributed by atoms with E-state index >= 15 is 0 Å². The lowest BCUT2D eigenvalue weighted by Gasteiger charge is -2.13. The van der Waals surface area contributed by atoms with Crippen molar-refractivity contribution in [1.82, 2.24) is 4.98 Å². The number of carbonyl (C=O) groups is 1. The predicted molar refractivity (Wildman–Crippen MR) is 108 cm³/mol. The molecule has 1 aromatic heterocycles. The Morgan fingerprint density at radius 2 is 1.79 bits per heavy atom. The zero-order valence-electron chi connectivity index (χ0n) is 17.9. The minimum Gasteiger partial charge on any atom is -0.478 e. The van der Waals surface area contributed by atoms with Gasteiger partial charge >= 0.3 is 6.36 Å². The molecule has 0 aliphatic carbocycles. The van der Waals surface area contributed by atoms with Gasteiger partial charge in [0.1, 0.15) is 23.0 Å². The average Bonchev–Trinajstić information content (AvgIpc) is 3.14. The van der Waals surface area contributed by atoms with Gasteiger partial charge in [-0.2, -0.15) is 0 Å². The third-order valence-electron chi connectivity index (χ3n) is 4.61. The van der Waals surface area contributed by atoms with Crippen LogP contribution in [0.2, 0.25) is 0 Å². The van der Waals surface area contributed by atoms with E-state index in [2.05, 4.69) is 9.72 Å². The van der Waals surface area contributed by atoms with Crippen molar-refractivity contribution in [2.75, 3.05) is 0 Å². The first kappa shape index (κ1) is 24.2. The summed E-state index contributed by atoms with van der Waals surface area (Å²) in [6.45, 7) is 4.47. The maximum absolute atomic E-state index is 14.6. The molecule has 0 aliphatic heterocycles.